The summed E-state index contributed by atoms with van der Waals surface area (Å²) in [6.45, 7) is 7.37. The van der Waals surface area contributed by atoms with Crippen LogP contribution in [0, 0.1) is 0 Å². The van der Waals surface area contributed by atoms with Crippen LogP contribution in [-0.4, -0.2) is 28.6 Å². The van der Waals surface area contributed by atoms with Gasteiger partial charge in [0, 0.05) is 16.7 Å². The van der Waals surface area contributed by atoms with E-state index >= 15 is 0 Å². The summed E-state index contributed by atoms with van der Waals surface area (Å²) in [5, 5.41) is 9.79. The Morgan fingerprint density at radius 2 is 1.68 bits per heavy atom. The van der Waals surface area contributed by atoms with Gasteiger partial charge in [-0.25, -0.2) is 19.4 Å². The number of Topliss-reactive ketones (excluding diaryl/α,β-unsaturated/α-hetero) is 2. The highest BCUT2D eigenvalue weighted by atomic mass is 17.2. The van der Waals surface area contributed by atoms with Gasteiger partial charge in [0.05, 0.1) is 17.3 Å². The second-order valence-corrected chi connectivity index (χ2v) is 5.63. The number of rotatable bonds is 3. The van der Waals surface area contributed by atoms with Crippen molar-refractivity contribution in [1.82, 2.24) is 0 Å². The molecule has 7 heteroatoms. The summed E-state index contributed by atoms with van der Waals surface area (Å²) in [6.07, 6.45) is -0.963. The lowest BCUT2D eigenvalue weighted by Gasteiger charge is -2.08. The average Bonchev–Trinajstić information content (AvgIpc) is 2.82. The molecule has 0 saturated heterocycles. The Kier molecular flexibility index (Phi) is 4.99. The minimum atomic E-state index is -1.14. The molecule has 1 aliphatic carbocycles. The third-order valence-electron chi connectivity index (χ3n) is 3.70. The molecule has 1 aromatic rings. The van der Waals surface area contributed by atoms with Gasteiger partial charge in [-0.3, -0.25) is 9.59 Å². The van der Waals surface area contributed by atoms with Crippen molar-refractivity contribution in [3.05, 3.63) is 58.2 Å². The fraction of sp³-hybridized carbons (Fsp3) is 0.222. The molecule has 0 radical (unpaired) electrons. The van der Waals surface area contributed by atoms with Crippen LogP contribution in [0.2, 0.25) is 0 Å². The number of fused-ring (bicyclic) bond motifs is 1. The van der Waals surface area contributed by atoms with E-state index in [4.69, 9.17) is 0 Å². The Balaban J connectivity index is 2.38. The van der Waals surface area contributed by atoms with E-state index in [1.807, 2.05) is 0 Å². The van der Waals surface area contributed by atoms with E-state index in [1.54, 1.807) is 0 Å². The van der Waals surface area contributed by atoms with Crippen LogP contribution in [0.15, 0.2) is 41.5 Å². The molecule has 0 spiro atoms. The van der Waals surface area contributed by atoms with Crippen LogP contribution in [0.1, 0.15) is 53.2 Å². The molecule has 0 heterocycles. The first-order valence-electron chi connectivity index (χ1n) is 7.36. The molecule has 2 rings (SSSR count). The van der Waals surface area contributed by atoms with Crippen LogP contribution >= 0.6 is 0 Å². The Bertz CT molecular complexity index is 843. The van der Waals surface area contributed by atoms with E-state index in [-0.39, 0.29) is 27.8 Å². The van der Waals surface area contributed by atoms with Crippen molar-refractivity contribution in [2.75, 3.05) is 0 Å². The van der Waals surface area contributed by atoms with Crippen LogP contribution in [0.3, 0.4) is 0 Å². The molecule has 0 aromatic heterocycles. The zero-order valence-electron chi connectivity index (χ0n) is 13.9. The number of carbonyl (C=O) groups excluding carboxylic acids is 4. The van der Waals surface area contributed by atoms with Crippen LogP contribution in [-0.2, 0) is 19.4 Å². The van der Waals surface area contributed by atoms with Gasteiger partial charge in [0.25, 0.3) is 0 Å². The van der Waals surface area contributed by atoms with Gasteiger partial charge < -0.3 is 5.11 Å². The lowest BCUT2D eigenvalue weighted by atomic mass is 9.99. The fourth-order valence-corrected chi connectivity index (χ4v) is 2.38. The zero-order chi connectivity index (χ0) is 18.9. The zero-order valence-corrected chi connectivity index (χ0v) is 13.9. The van der Waals surface area contributed by atoms with Crippen molar-refractivity contribution >= 4 is 23.5 Å². The Hall–Kier alpha value is -3.06. The Morgan fingerprint density at radius 1 is 1.08 bits per heavy atom. The molecule has 7 nitrogen and oxygen atoms in total. The minimum absolute atomic E-state index is 0.0140. The third kappa shape index (κ3) is 3.27. The van der Waals surface area contributed by atoms with Crippen molar-refractivity contribution in [2.45, 2.75) is 26.9 Å². The van der Waals surface area contributed by atoms with Gasteiger partial charge >= 0.3 is 11.9 Å². The standard InChI is InChI=1S/C18H16O7/c1-8(2)17(22)24-25-18(23)9(3)13-15(20)12-7-5-6-11(10(4)19)14(12)16(13)21/h5-7,10,19H,1H2,2-4H3/b13-9+. The predicted molar refractivity (Wildman–Crippen MR) is 85.4 cm³/mol. The number of hydrogen-bond donors (Lipinski definition) is 1. The molecule has 1 aliphatic rings. The minimum Gasteiger partial charge on any atom is -0.389 e. The van der Waals surface area contributed by atoms with Crippen molar-refractivity contribution in [2.24, 2.45) is 0 Å². The van der Waals surface area contributed by atoms with E-state index in [2.05, 4.69) is 16.4 Å². The van der Waals surface area contributed by atoms with Gasteiger partial charge in [-0.2, -0.15) is 0 Å². The van der Waals surface area contributed by atoms with Gasteiger partial charge in [0.15, 0.2) is 11.6 Å². The maximum atomic E-state index is 12.6. The lowest BCUT2D eigenvalue weighted by molar-refractivity contribution is -0.252. The number of ketones is 2. The van der Waals surface area contributed by atoms with Crippen LogP contribution < -0.4 is 0 Å². The van der Waals surface area contributed by atoms with Crippen molar-refractivity contribution in [3.63, 3.8) is 0 Å². The van der Waals surface area contributed by atoms with E-state index in [0.717, 1.165) is 0 Å². The molecule has 130 valence electrons. The fourth-order valence-electron chi connectivity index (χ4n) is 2.38. The van der Waals surface area contributed by atoms with Gasteiger partial charge in [-0.1, -0.05) is 24.8 Å². The van der Waals surface area contributed by atoms with Gasteiger partial charge in [-0.05, 0) is 26.3 Å². The SMILES string of the molecule is C=C(C)C(=O)OOC(=O)/C(C)=C1\C(=O)c2cccc(C(C)O)c2C1=O. The molecule has 0 amide bonds. The number of benzene rings is 1. The number of hydrogen-bond acceptors (Lipinski definition) is 7. The first-order chi connectivity index (χ1) is 11.7. The van der Waals surface area contributed by atoms with E-state index in [1.165, 1.54) is 39.0 Å². The first kappa shape index (κ1) is 18.3. The largest absolute Gasteiger partial charge is 0.389 e. The van der Waals surface area contributed by atoms with Crippen LogP contribution in [0.5, 0.6) is 0 Å². The van der Waals surface area contributed by atoms with Crippen LogP contribution in [0.25, 0.3) is 0 Å². The first-order valence-corrected chi connectivity index (χ1v) is 7.36. The molecule has 1 N–H and O–H groups in total. The van der Waals surface area contributed by atoms with Crippen molar-refractivity contribution in [1.29, 1.82) is 0 Å². The molecule has 0 fully saturated rings. The molecule has 25 heavy (non-hydrogen) atoms. The highest BCUT2D eigenvalue weighted by molar-refractivity contribution is 6.41. The third-order valence-corrected chi connectivity index (χ3v) is 3.70. The topological polar surface area (TPSA) is 107 Å². The number of allylic oxidation sites excluding steroid dienone is 1. The molecule has 1 atom stereocenters. The second-order valence-electron chi connectivity index (χ2n) is 5.63. The quantitative estimate of drug-likeness (QED) is 0.387. The summed E-state index contributed by atoms with van der Waals surface area (Å²) in [4.78, 5) is 56.9. The molecule has 0 bridgehead atoms. The summed E-state index contributed by atoms with van der Waals surface area (Å²) in [5.74, 6) is -3.42. The maximum absolute atomic E-state index is 12.6. The monoisotopic (exact) mass is 344 g/mol. The molecule has 0 saturated carbocycles. The summed E-state index contributed by atoms with van der Waals surface area (Å²) < 4.78 is 0. The smallest absolute Gasteiger partial charge is 0.382 e. The molecule has 1 aromatic carbocycles. The van der Waals surface area contributed by atoms with E-state index in [0.29, 0.717) is 5.56 Å². The summed E-state index contributed by atoms with van der Waals surface area (Å²) in [5.41, 5.74) is -0.203. The highest BCUT2D eigenvalue weighted by Crippen LogP contribution is 2.33. The number of aliphatic hydroxyl groups is 1. The summed E-state index contributed by atoms with van der Waals surface area (Å²) in [6, 6.07) is 4.51. The molecule has 1 unspecified atom stereocenters. The van der Waals surface area contributed by atoms with E-state index in [9.17, 15) is 24.3 Å². The molecular formula is C18H16O7. The Labute approximate surface area is 143 Å². The number of aliphatic hydroxyl groups excluding tert-OH is 1. The van der Waals surface area contributed by atoms with E-state index < -0.39 is 29.6 Å². The second kappa shape index (κ2) is 6.82. The van der Waals surface area contributed by atoms with Gasteiger partial charge in [0.1, 0.15) is 0 Å². The normalized spacial score (nSPS) is 16.2. The van der Waals surface area contributed by atoms with Gasteiger partial charge in [-0.15, -0.1) is 0 Å². The van der Waals surface area contributed by atoms with Crippen molar-refractivity contribution in [3.8, 4) is 0 Å². The molecular weight excluding hydrogens is 328 g/mol. The Morgan fingerprint density at radius 3 is 2.24 bits per heavy atom. The van der Waals surface area contributed by atoms with Crippen LogP contribution in [0.4, 0.5) is 0 Å². The number of carbonyl (C=O) groups is 4. The molecule has 0 aliphatic heterocycles. The highest BCUT2D eigenvalue weighted by Gasteiger charge is 2.38. The summed E-state index contributed by atoms with van der Waals surface area (Å²) >= 11 is 0. The lowest BCUT2D eigenvalue weighted by Crippen LogP contribution is -2.16. The maximum Gasteiger partial charge on any atom is 0.382 e. The average molecular weight is 344 g/mol. The predicted octanol–water partition coefficient (Wildman–Crippen LogP) is 2.01. The van der Waals surface area contributed by atoms with Gasteiger partial charge in [0.2, 0.25) is 0 Å². The summed E-state index contributed by atoms with van der Waals surface area (Å²) in [7, 11) is 0. The van der Waals surface area contributed by atoms with Crippen molar-refractivity contribution < 1.29 is 34.1 Å².